The minimum atomic E-state index is -4.20. The predicted octanol–water partition coefficient (Wildman–Crippen LogP) is 7.05. The van der Waals surface area contributed by atoms with Crippen molar-refractivity contribution in [1.29, 1.82) is 0 Å². The number of hydrogen-bond acceptors (Lipinski definition) is 5. The minimum Gasteiger partial charge on any atom is -0.457 e. The van der Waals surface area contributed by atoms with Crippen LogP contribution in [0.4, 0.5) is 5.69 Å². The molecule has 0 aromatic heterocycles. The highest BCUT2D eigenvalue weighted by molar-refractivity contribution is 7.92. The van der Waals surface area contributed by atoms with E-state index in [0.29, 0.717) is 28.5 Å². The number of nitrogens with zero attached hydrogens (tertiary/aromatic N) is 2. The minimum absolute atomic E-state index is 0.0116. The molecule has 8 nitrogen and oxygen atoms in total. The van der Waals surface area contributed by atoms with Gasteiger partial charge in [0.2, 0.25) is 11.8 Å². The molecule has 2 amide bonds. The zero-order valence-corrected chi connectivity index (χ0v) is 27.4. The van der Waals surface area contributed by atoms with E-state index in [1.54, 1.807) is 66.7 Å². The maximum atomic E-state index is 14.3. The van der Waals surface area contributed by atoms with Crippen molar-refractivity contribution < 1.29 is 22.7 Å². The Morgan fingerprint density at radius 2 is 1.38 bits per heavy atom. The topological polar surface area (TPSA) is 96.0 Å². The number of ether oxygens (including phenoxy) is 1. The first kappa shape index (κ1) is 33.6. The molecular formula is C35H38ClN3O5S. The number of hydrogen-bond donors (Lipinski definition) is 1. The third-order valence-electron chi connectivity index (χ3n) is 6.90. The molecular weight excluding hydrogens is 610 g/mol. The van der Waals surface area contributed by atoms with E-state index in [1.165, 1.54) is 17.0 Å². The quantitative estimate of drug-likeness (QED) is 0.178. The lowest BCUT2D eigenvalue weighted by atomic mass is 10.1. The van der Waals surface area contributed by atoms with Crippen LogP contribution in [0.25, 0.3) is 0 Å². The summed E-state index contributed by atoms with van der Waals surface area (Å²) in [6.45, 7) is 6.84. The van der Waals surface area contributed by atoms with Gasteiger partial charge in [-0.2, -0.15) is 0 Å². The molecule has 0 fully saturated rings. The Morgan fingerprint density at radius 3 is 1.96 bits per heavy atom. The van der Waals surface area contributed by atoms with Gasteiger partial charge in [0.1, 0.15) is 24.1 Å². The Balaban J connectivity index is 1.73. The van der Waals surface area contributed by atoms with E-state index in [9.17, 15) is 18.0 Å². The first-order valence-electron chi connectivity index (χ1n) is 14.6. The van der Waals surface area contributed by atoms with Crippen LogP contribution in [-0.2, 0) is 26.2 Å². The summed E-state index contributed by atoms with van der Waals surface area (Å²) in [6, 6.07) is 29.8. The van der Waals surface area contributed by atoms with E-state index in [-0.39, 0.29) is 23.0 Å². The van der Waals surface area contributed by atoms with Gasteiger partial charge in [0.15, 0.2) is 0 Å². The van der Waals surface area contributed by atoms with Crippen molar-refractivity contribution in [3.8, 4) is 11.5 Å². The van der Waals surface area contributed by atoms with E-state index < -0.39 is 34.1 Å². The fourth-order valence-electron chi connectivity index (χ4n) is 4.74. The molecule has 0 aliphatic heterocycles. The maximum absolute atomic E-state index is 14.3. The van der Waals surface area contributed by atoms with Crippen molar-refractivity contribution in [3.05, 3.63) is 120 Å². The predicted molar refractivity (Wildman–Crippen MR) is 178 cm³/mol. The Labute approximate surface area is 270 Å². The molecule has 45 heavy (non-hydrogen) atoms. The summed E-state index contributed by atoms with van der Waals surface area (Å²) in [5, 5.41) is 3.40. The highest BCUT2D eigenvalue weighted by Crippen LogP contribution is 2.29. The summed E-state index contributed by atoms with van der Waals surface area (Å²) >= 11 is 6.48. The molecule has 4 rings (SSSR count). The maximum Gasteiger partial charge on any atom is 0.264 e. The molecule has 0 aliphatic rings. The van der Waals surface area contributed by atoms with Crippen LogP contribution >= 0.6 is 11.6 Å². The van der Waals surface area contributed by atoms with Crippen molar-refractivity contribution in [2.24, 2.45) is 0 Å². The smallest absolute Gasteiger partial charge is 0.264 e. The molecule has 0 saturated heterocycles. The van der Waals surface area contributed by atoms with Gasteiger partial charge in [0, 0.05) is 17.1 Å². The SMILES string of the molecule is CC[C@H](C(=O)NC(C)(C)C)N(Cc1ccccc1Cl)C(=O)CN(c1ccc(Oc2ccccc2)cc1)S(=O)(=O)c1ccccc1. The first-order chi connectivity index (χ1) is 21.4. The molecule has 0 radical (unpaired) electrons. The molecule has 10 heteroatoms. The Morgan fingerprint density at radius 1 is 0.822 bits per heavy atom. The standard InChI is InChI=1S/C35H38ClN3O5S/c1-5-32(34(41)37-35(2,3)4)38(24-26-14-12-13-19-31(26)36)33(40)25-39(45(42,43)30-17-10-7-11-18-30)27-20-22-29(23-21-27)44-28-15-8-6-9-16-28/h6-23,32H,5,24-25H2,1-4H3,(H,37,41)/t32-/m1/s1. The zero-order valence-electron chi connectivity index (χ0n) is 25.8. The van der Waals surface area contributed by atoms with Crippen LogP contribution in [0.3, 0.4) is 0 Å². The number of para-hydroxylation sites is 1. The van der Waals surface area contributed by atoms with Crippen molar-refractivity contribution in [1.82, 2.24) is 10.2 Å². The summed E-state index contributed by atoms with van der Waals surface area (Å²) in [6.07, 6.45) is 0.301. The number of nitrogens with one attached hydrogen (secondary N) is 1. The normalized spacial score (nSPS) is 12.2. The average molecular weight is 648 g/mol. The number of amides is 2. The Kier molecular flexibility index (Phi) is 10.9. The van der Waals surface area contributed by atoms with Gasteiger partial charge < -0.3 is 15.0 Å². The second-order valence-electron chi connectivity index (χ2n) is 11.5. The Hall–Kier alpha value is -4.34. The highest BCUT2D eigenvalue weighted by Gasteiger charge is 2.34. The number of carbonyl (C=O) groups is 2. The van der Waals surface area contributed by atoms with Gasteiger partial charge in [0.25, 0.3) is 10.0 Å². The summed E-state index contributed by atoms with van der Waals surface area (Å²) in [4.78, 5) is 29.2. The van der Waals surface area contributed by atoms with Gasteiger partial charge in [-0.05, 0) is 87.4 Å². The number of sulfonamides is 1. The first-order valence-corrected chi connectivity index (χ1v) is 16.5. The lowest BCUT2D eigenvalue weighted by molar-refractivity contribution is -0.141. The number of anilines is 1. The van der Waals surface area contributed by atoms with Crippen LogP contribution in [0.2, 0.25) is 5.02 Å². The summed E-state index contributed by atoms with van der Waals surface area (Å²) in [5.41, 5.74) is 0.350. The lowest BCUT2D eigenvalue weighted by Gasteiger charge is -2.35. The van der Waals surface area contributed by atoms with Crippen molar-refractivity contribution in [2.45, 2.75) is 57.1 Å². The van der Waals surface area contributed by atoms with E-state index in [2.05, 4.69) is 5.32 Å². The largest absolute Gasteiger partial charge is 0.457 e. The van der Waals surface area contributed by atoms with Gasteiger partial charge in [-0.3, -0.25) is 13.9 Å². The summed E-state index contributed by atoms with van der Waals surface area (Å²) in [5.74, 6) is 0.224. The third kappa shape index (κ3) is 8.86. The molecule has 4 aromatic carbocycles. The number of carbonyl (C=O) groups excluding carboxylic acids is 2. The fraction of sp³-hybridized carbons (Fsp3) is 0.257. The second kappa shape index (κ2) is 14.6. The second-order valence-corrected chi connectivity index (χ2v) is 13.8. The Bertz CT molecular complexity index is 1690. The van der Waals surface area contributed by atoms with Crippen molar-refractivity contribution in [2.75, 3.05) is 10.8 Å². The van der Waals surface area contributed by atoms with E-state index >= 15 is 0 Å². The van der Waals surface area contributed by atoms with E-state index in [4.69, 9.17) is 16.3 Å². The number of benzene rings is 4. The van der Waals surface area contributed by atoms with Crippen LogP contribution in [0, 0.1) is 0 Å². The average Bonchev–Trinajstić information content (AvgIpc) is 3.01. The van der Waals surface area contributed by atoms with Gasteiger partial charge in [-0.15, -0.1) is 0 Å². The number of rotatable bonds is 12. The fourth-order valence-corrected chi connectivity index (χ4v) is 6.37. The molecule has 0 unspecified atom stereocenters. The highest BCUT2D eigenvalue weighted by atomic mass is 35.5. The summed E-state index contributed by atoms with van der Waals surface area (Å²) < 4.78 is 35.1. The molecule has 236 valence electrons. The van der Waals surface area contributed by atoms with Crippen molar-refractivity contribution in [3.63, 3.8) is 0 Å². The van der Waals surface area contributed by atoms with Crippen LogP contribution in [-0.4, -0.2) is 43.3 Å². The van der Waals surface area contributed by atoms with Crippen LogP contribution < -0.4 is 14.4 Å². The van der Waals surface area contributed by atoms with E-state index in [1.807, 2.05) is 58.0 Å². The van der Waals surface area contributed by atoms with Gasteiger partial charge >= 0.3 is 0 Å². The molecule has 0 spiro atoms. The third-order valence-corrected chi connectivity index (χ3v) is 9.05. The lowest BCUT2D eigenvalue weighted by Crippen LogP contribution is -2.55. The molecule has 1 atom stereocenters. The number of halogens is 1. The molecule has 4 aromatic rings. The molecule has 0 heterocycles. The molecule has 0 saturated carbocycles. The summed E-state index contributed by atoms with van der Waals surface area (Å²) in [7, 11) is -4.20. The zero-order chi connectivity index (χ0) is 32.6. The van der Waals surface area contributed by atoms with Gasteiger partial charge in [-0.25, -0.2) is 8.42 Å². The van der Waals surface area contributed by atoms with Crippen LogP contribution in [0.1, 0.15) is 39.7 Å². The van der Waals surface area contributed by atoms with Gasteiger partial charge in [-0.1, -0.05) is 73.1 Å². The monoisotopic (exact) mass is 647 g/mol. The molecule has 0 aliphatic carbocycles. The van der Waals surface area contributed by atoms with Gasteiger partial charge in [0.05, 0.1) is 10.6 Å². The van der Waals surface area contributed by atoms with Crippen molar-refractivity contribution >= 4 is 39.1 Å². The molecule has 0 bridgehead atoms. The van der Waals surface area contributed by atoms with Crippen LogP contribution in [0.15, 0.2) is 114 Å². The molecule has 1 N–H and O–H groups in total. The van der Waals surface area contributed by atoms with Crippen LogP contribution in [0.5, 0.6) is 11.5 Å². The van der Waals surface area contributed by atoms with E-state index in [0.717, 1.165) is 4.31 Å².